The smallest absolute Gasteiger partial charge is 0.159 e. The van der Waals surface area contributed by atoms with Crippen molar-refractivity contribution in [1.82, 2.24) is 9.97 Å². The second kappa shape index (κ2) is 4.72. The number of hydrogen-bond acceptors (Lipinski definition) is 4. The molecular weight excluding hydrogens is 202 g/mol. The topological polar surface area (TPSA) is 72.0 Å². The summed E-state index contributed by atoms with van der Waals surface area (Å²) in [6.07, 6.45) is 4.30. The standard InChI is InChI=1S/C12H13N3O/c13-5-4-9-7-14-12(15-8-9)10-2-1-3-11(16)6-10/h1-3,6-8,16H,4-5,13H2. The van der Waals surface area contributed by atoms with Crippen LogP contribution in [0.15, 0.2) is 36.7 Å². The molecule has 0 unspecified atom stereocenters. The van der Waals surface area contributed by atoms with E-state index in [0.29, 0.717) is 12.4 Å². The molecular formula is C12H13N3O. The summed E-state index contributed by atoms with van der Waals surface area (Å²) in [5.74, 6) is 0.823. The molecule has 0 aliphatic heterocycles. The van der Waals surface area contributed by atoms with Gasteiger partial charge in [0.25, 0.3) is 0 Å². The zero-order chi connectivity index (χ0) is 11.4. The number of aromatic hydroxyl groups is 1. The van der Waals surface area contributed by atoms with Gasteiger partial charge in [-0.05, 0) is 30.7 Å². The minimum absolute atomic E-state index is 0.215. The Morgan fingerprint density at radius 1 is 1.19 bits per heavy atom. The van der Waals surface area contributed by atoms with E-state index in [9.17, 15) is 5.11 Å². The van der Waals surface area contributed by atoms with E-state index >= 15 is 0 Å². The van der Waals surface area contributed by atoms with Crippen LogP contribution in [0.25, 0.3) is 11.4 Å². The lowest BCUT2D eigenvalue weighted by molar-refractivity contribution is 0.475. The van der Waals surface area contributed by atoms with Crippen molar-refractivity contribution in [2.45, 2.75) is 6.42 Å². The summed E-state index contributed by atoms with van der Waals surface area (Å²) in [6.45, 7) is 0.592. The van der Waals surface area contributed by atoms with Crippen molar-refractivity contribution in [3.63, 3.8) is 0 Å². The number of phenolic OH excluding ortho intramolecular Hbond substituents is 1. The molecule has 0 saturated carbocycles. The van der Waals surface area contributed by atoms with Crippen LogP contribution in [0.1, 0.15) is 5.56 Å². The van der Waals surface area contributed by atoms with Crippen LogP contribution in [0.2, 0.25) is 0 Å². The van der Waals surface area contributed by atoms with E-state index in [0.717, 1.165) is 17.5 Å². The summed E-state index contributed by atoms with van der Waals surface area (Å²) in [5.41, 5.74) is 7.27. The average molecular weight is 215 g/mol. The number of hydrogen-bond donors (Lipinski definition) is 2. The Bertz CT molecular complexity index is 468. The van der Waals surface area contributed by atoms with Gasteiger partial charge < -0.3 is 10.8 Å². The molecule has 4 heteroatoms. The number of rotatable bonds is 3. The monoisotopic (exact) mass is 215 g/mol. The van der Waals surface area contributed by atoms with Crippen LogP contribution in [0, 0.1) is 0 Å². The number of nitrogens with zero attached hydrogens (tertiary/aromatic N) is 2. The Labute approximate surface area is 93.8 Å². The van der Waals surface area contributed by atoms with Crippen LogP contribution >= 0.6 is 0 Å². The maximum atomic E-state index is 9.34. The Balaban J connectivity index is 2.27. The van der Waals surface area contributed by atoms with Crippen molar-refractivity contribution in [1.29, 1.82) is 0 Å². The number of aromatic nitrogens is 2. The molecule has 82 valence electrons. The lowest BCUT2D eigenvalue weighted by Crippen LogP contribution is -2.03. The molecule has 1 aromatic heterocycles. The minimum Gasteiger partial charge on any atom is -0.508 e. The zero-order valence-corrected chi connectivity index (χ0v) is 8.80. The Morgan fingerprint density at radius 2 is 1.94 bits per heavy atom. The van der Waals surface area contributed by atoms with E-state index in [1.165, 1.54) is 0 Å². The van der Waals surface area contributed by atoms with Gasteiger partial charge in [0.2, 0.25) is 0 Å². The van der Waals surface area contributed by atoms with Crippen LogP contribution in [0.5, 0.6) is 5.75 Å². The Morgan fingerprint density at radius 3 is 2.56 bits per heavy atom. The molecule has 3 N–H and O–H groups in total. The highest BCUT2D eigenvalue weighted by Gasteiger charge is 2.01. The summed E-state index contributed by atoms with van der Waals surface area (Å²) >= 11 is 0. The van der Waals surface area contributed by atoms with E-state index < -0.39 is 0 Å². The predicted molar refractivity (Wildman–Crippen MR) is 61.9 cm³/mol. The van der Waals surface area contributed by atoms with Crippen LogP contribution in [0.3, 0.4) is 0 Å². The van der Waals surface area contributed by atoms with Gasteiger partial charge in [0.1, 0.15) is 5.75 Å². The van der Waals surface area contributed by atoms with Crippen molar-refractivity contribution in [2.75, 3.05) is 6.54 Å². The molecule has 1 aromatic carbocycles. The first kappa shape index (κ1) is 10.6. The molecule has 2 rings (SSSR count). The molecule has 16 heavy (non-hydrogen) atoms. The number of phenols is 1. The quantitative estimate of drug-likeness (QED) is 0.810. The minimum atomic E-state index is 0.215. The molecule has 0 fully saturated rings. The van der Waals surface area contributed by atoms with Gasteiger partial charge in [0.15, 0.2) is 5.82 Å². The molecule has 0 spiro atoms. The fourth-order valence-electron chi connectivity index (χ4n) is 1.44. The second-order valence-electron chi connectivity index (χ2n) is 3.50. The van der Waals surface area contributed by atoms with Gasteiger partial charge in [-0.2, -0.15) is 0 Å². The largest absolute Gasteiger partial charge is 0.508 e. The van der Waals surface area contributed by atoms with Gasteiger partial charge in [0.05, 0.1) is 0 Å². The van der Waals surface area contributed by atoms with Crippen molar-refractivity contribution in [3.8, 4) is 17.1 Å². The van der Waals surface area contributed by atoms with Crippen LogP contribution in [-0.2, 0) is 6.42 Å². The fraction of sp³-hybridized carbons (Fsp3) is 0.167. The third kappa shape index (κ3) is 2.35. The van der Waals surface area contributed by atoms with Gasteiger partial charge in [-0.1, -0.05) is 12.1 Å². The molecule has 0 bridgehead atoms. The lowest BCUT2D eigenvalue weighted by atomic mass is 10.2. The third-order valence-electron chi connectivity index (χ3n) is 2.24. The molecule has 0 aliphatic rings. The molecule has 0 saturated heterocycles. The summed E-state index contributed by atoms with van der Waals surface area (Å²) in [5, 5.41) is 9.34. The van der Waals surface area contributed by atoms with Crippen LogP contribution in [0.4, 0.5) is 0 Å². The number of benzene rings is 1. The van der Waals surface area contributed by atoms with Crippen LogP contribution in [-0.4, -0.2) is 21.6 Å². The summed E-state index contributed by atoms with van der Waals surface area (Å²) in [6, 6.07) is 6.88. The highest BCUT2D eigenvalue weighted by atomic mass is 16.3. The average Bonchev–Trinajstić information content (AvgIpc) is 2.30. The first-order valence-electron chi connectivity index (χ1n) is 5.10. The fourth-order valence-corrected chi connectivity index (χ4v) is 1.44. The normalized spacial score (nSPS) is 10.3. The van der Waals surface area contributed by atoms with E-state index in [2.05, 4.69) is 9.97 Å². The first-order chi connectivity index (χ1) is 7.79. The molecule has 0 atom stereocenters. The van der Waals surface area contributed by atoms with Crippen LogP contribution < -0.4 is 5.73 Å². The van der Waals surface area contributed by atoms with Crippen molar-refractivity contribution in [2.24, 2.45) is 5.73 Å². The van der Waals surface area contributed by atoms with E-state index in [1.807, 2.05) is 6.07 Å². The molecule has 2 aromatic rings. The SMILES string of the molecule is NCCc1cnc(-c2cccc(O)c2)nc1. The maximum absolute atomic E-state index is 9.34. The molecule has 0 amide bonds. The van der Waals surface area contributed by atoms with Gasteiger partial charge in [0, 0.05) is 18.0 Å². The highest BCUT2D eigenvalue weighted by molar-refractivity contribution is 5.56. The summed E-state index contributed by atoms with van der Waals surface area (Å²) < 4.78 is 0. The van der Waals surface area contributed by atoms with E-state index in [4.69, 9.17) is 5.73 Å². The van der Waals surface area contributed by atoms with Gasteiger partial charge in [-0.15, -0.1) is 0 Å². The molecule has 0 radical (unpaired) electrons. The van der Waals surface area contributed by atoms with Gasteiger partial charge >= 0.3 is 0 Å². The highest BCUT2D eigenvalue weighted by Crippen LogP contribution is 2.19. The predicted octanol–water partition coefficient (Wildman–Crippen LogP) is 1.35. The lowest BCUT2D eigenvalue weighted by Gasteiger charge is -2.02. The molecule has 4 nitrogen and oxygen atoms in total. The molecule has 0 aliphatic carbocycles. The first-order valence-corrected chi connectivity index (χ1v) is 5.10. The van der Waals surface area contributed by atoms with E-state index in [1.54, 1.807) is 30.6 Å². The van der Waals surface area contributed by atoms with E-state index in [-0.39, 0.29) is 5.75 Å². The Hall–Kier alpha value is -1.94. The van der Waals surface area contributed by atoms with Gasteiger partial charge in [-0.25, -0.2) is 9.97 Å². The van der Waals surface area contributed by atoms with Crippen molar-refractivity contribution >= 4 is 0 Å². The third-order valence-corrected chi connectivity index (χ3v) is 2.24. The molecule has 1 heterocycles. The Kier molecular flexibility index (Phi) is 3.12. The van der Waals surface area contributed by atoms with Crippen molar-refractivity contribution in [3.05, 3.63) is 42.2 Å². The van der Waals surface area contributed by atoms with Gasteiger partial charge in [-0.3, -0.25) is 0 Å². The zero-order valence-electron chi connectivity index (χ0n) is 8.80. The summed E-state index contributed by atoms with van der Waals surface area (Å²) in [7, 11) is 0. The van der Waals surface area contributed by atoms with Crippen molar-refractivity contribution < 1.29 is 5.11 Å². The second-order valence-corrected chi connectivity index (χ2v) is 3.50. The number of nitrogens with two attached hydrogens (primary N) is 1. The maximum Gasteiger partial charge on any atom is 0.159 e. The summed E-state index contributed by atoms with van der Waals surface area (Å²) in [4.78, 5) is 8.46.